The van der Waals surface area contributed by atoms with Gasteiger partial charge in [0.05, 0.1) is 34.7 Å². The number of pyridine rings is 1. The predicted octanol–water partition coefficient (Wildman–Crippen LogP) is 5.22. The summed E-state index contributed by atoms with van der Waals surface area (Å²) < 4.78 is 46.8. The van der Waals surface area contributed by atoms with Crippen LogP contribution < -0.4 is 30.7 Å². The molecule has 0 spiro atoms. The normalized spacial score (nSPS) is 20.2. The van der Waals surface area contributed by atoms with Crippen LogP contribution in [-0.2, 0) is 26.5 Å². The highest BCUT2D eigenvalue weighted by Crippen LogP contribution is 2.40. The minimum atomic E-state index is -3.84. The number of nitrogens with zero attached hydrogens (tertiary/aromatic N) is 11. The molecule has 0 saturated carbocycles. The number of halogens is 1. The van der Waals surface area contributed by atoms with E-state index in [0.29, 0.717) is 105 Å². The Kier molecular flexibility index (Phi) is 16.4. The molecule has 0 bridgehead atoms. The van der Waals surface area contributed by atoms with Crippen LogP contribution in [0, 0.1) is 19.7 Å². The number of H-pyrrole nitrogens is 2. The van der Waals surface area contributed by atoms with Gasteiger partial charge in [0, 0.05) is 155 Å². The number of piperazine rings is 3. The van der Waals surface area contributed by atoms with Crippen molar-refractivity contribution in [2.45, 2.75) is 108 Å². The standard InChI is InChI=1S/C58H76FN15O6S/c1-36-30-73(33-50(75)74-34-58(8,9)51-47(74)24-41(54(76)65-51)23-40-11-13-43(59)14-12-40)44(29-60-36)32-71-20-21-72(31-37(71)2)56-61-27-42(28-62-56)55(77)70-18-16-69(17-19-70)15-10-22-80-48-26-46-45(25-49(48)81(78,79)57(5,6)7)53(64-35-63-46)66-52-38(3)39(4)67-68-52/h11-14,24-28,35-37,44,60H,10,15-23,29-34H2,1-9H3,(H,65,76)(H2,63,64,66,67,68)/t36-,37-,44-/m1/s1. The van der Waals surface area contributed by atoms with Crippen LogP contribution in [0.1, 0.15) is 93.3 Å². The van der Waals surface area contributed by atoms with Gasteiger partial charge in [0.1, 0.15) is 28.6 Å². The zero-order valence-electron chi connectivity index (χ0n) is 48.0. The highest BCUT2D eigenvalue weighted by atomic mass is 32.2. The number of aryl methyl sites for hydroxylation is 1. The van der Waals surface area contributed by atoms with Crippen molar-refractivity contribution in [2.75, 3.05) is 107 Å². The van der Waals surface area contributed by atoms with Crippen molar-refractivity contribution in [1.29, 1.82) is 0 Å². The molecule has 3 atom stereocenters. The first kappa shape index (κ1) is 57.3. The van der Waals surface area contributed by atoms with E-state index in [1.807, 2.05) is 43.6 Å². The van der Waals surface area contributed by atoms with Crippen molar-refractivity contribution >= 4 is 55.8 Å². The number of carbonyl (C=O) groups is 2. The molecule has 4 aliphatic heterocycles. The quantitative estimate of drug-likeness (QED) is 0.0910. The molecule has 23 heteroatoms. The monoisotopic (exact) mass is 1130 g/mol. The van der Waals surface area contributed by atoms with E-state index in [-0.39, 0.29) is 65.1 Å². The van der Waals surface area contributed by atoms with Gasteiger partial charge in [0.15, 0.2) is 15.7 Å². The Balaban J connectivity index is 0.696. The summed E-state index contributed by atoms with van der Waals surface area (Å²) in [5, 5.41) is 14.7. The number of aromatic nitrogens is 7. The third kappa shape index (κ3) is 12.3. The van der Waals surface area contributed by atoms with Crippen LogP contribution in [0.15, 0.2) is 70.9 Å². The van der Waals surface area contributed by atoms with Gasteiger partial charge in [-0.1, -0.05) is 26.0 Å². The Labute approximate surface area is 473 Å². The van der Waals surface area contributed by atoms with E-state index >= 15 is 0 Å². The van der Waals surface area contributed by atoms with E-state index in [1.165, 1.54) is 18.5 Å². The van der Waals surface area contributed by atoms with Gasteiger partial charge >= 0.3 is 0 Å². The van der Waals surface area contributed by atoms with Crippen LogP contribution in [0.5, 0.6) is 5.75 Å². The lowest BCUT2D eigenvalue weighted by atomic mass is 9.91. The fraction of sp³-hybridized carbons (Fsp3) is 0.517. The van der Waals surface area contributed by atoms with Gasteiger partial charge in [-0.3, -0.25) is 34.2 Å². The van der Waals surface area contributed by atoms with Gasteiger partial charge in [0.25, 0.3) is 11.5 Å². The summed E-state index contributed by atoms with van der Waals surface area (Å²) in [5.41, 5.74) is 4.98. The summed E-state index contributed by atoms with van der Waals surface area (Å²) in [6, 6.07) is 11.7. The highest BCUT2D eigenvalue weighted by molar-refractivity contribution is 7.92. The molecule has 21 nitrogen and oxygen atoms in total. The molecule has 0 radical (unpaired) electrons. The van der Waals surface area contributed by atoms with Gasteiger partial charge in [-0.2, -0.15) is 5.10 Å². The maximum Gasteiger partial charge on any atom is 0.257 e. The van der Waals surface area contributed by atoms with E-state index in [4.69, 9.17) is 14.7 Å². The second-order valence-corrected chi connectivity index (χ2v) is 26.6. The molecule has 4 aliphatic rings. The molecule has 8 heterocycles. The fourth-order valence-electron chi connectivity index (χ4n) is 11.4. The minimum Gasteiger partial charge on any atom is -0.492 e. The Morgan fingerprint density at radius 2 is 1.65 bits per heavy atom. The second kappa shape index (κ2) is 23.1. The highest BCUT2D eigenvalue weighted by Gasteiger charge is 2.42. The molecule has 4 aromatic heterocycles. The van der Waals surface area contributed by atoms with Crippen molar-refractivity contribution in [1.82, 2.24) is 60.0 Å². The molecule has 432 valence electrons. The van der Waals surface area contributed by atoms with E-state index < -0.39 is 20.0 Å². The lowest BCUT2D eigenvalue weighted by Crippen LogP contribution is -2.63. The predicted molar refractivity (Wildman–Crippen MR) is 310 cm³/mol. The lowest BCUT2D eigenvalue weighted by Gasteiger charge is -2.45. The number of nitrogens with one attached hydrogen (secondary N) is 4. The number of aromatic amines is 2. The summed E-state index contributed by atoms with van der Waals surface area (Å²) in [4.78, 5) is 75.7. The lowest BCUT2D eigenvalue weighted by molar-refractivity contribution is -0.120. The largest absolute Gasteiger partial charge is 0.492 e. The molecule has 0 unspecified atom stereocenters. The first-order valence-electron chi connectivity index (χ1n) is 28.1. The third-order valence-electron chi connectivity index (χ3n) is 16.5. The number of anilines is 4. The topological polar surface area (TPSA) is 234 Å². The minimum absolute atomic E-state index is 0.0121. The first-order valence-corrected chi connectivity index (χ1v) is 29.6. The SMILES string of the molecule is Cc1[nH]nc(Nc2ncnc3cc(OCCCN4CCN(C(=O)c5cnc(N6CCN(C[C@H]7CN[C@H](C)CN7CC(=O)N7CC(C)(C)c8[nH]c(=O)c(Cc9ccc(F)cc9)cc87)[C@H](C)C6)nc5)CC4)c(S(=O)(=O)C(C)(C)C)cc23)c1C. The second-order valence-electron chi connectivity index (χ2n) is 23.9. The number of rotatable bonds is 16. The maximum atomic E-state index is 14.4. The number of amides is 2. The van der Waals surface area contributed by atoms with Crippen molar-refractivity contribution in [2.24, 2.45) is 0 Å². The van der Waals surface area contributed by atoms with Crippen LogP contribution in [0.4, 0.5) is 27.7 Å². The van der Waals surface area contributed by atoms with Crippen LogP contribution in [0.25, 0.3) is 10.9 Å². The zero-order valence-corrected chi connectivity index (χ0v) is 48.8. The Hall–Kier alpha value is -6.92. The van der Waals surface area contributed by atoms with E-state index in [0.717, 1.165) is 54.4 Å². The summed E-state index contributed by atoms with van der Waals surface area (Å²) in [5.74, 6) is 1.39. The molecule has 2 amide bonds. The number of carbonyl (C=O) groups excluding carboxylic acids is 2. The molecule has 2 aromatic carbocycles. The Morgan fingerprint density at radius 3 is 2.35 bits per heavy atom. The molecular weight excluding hydrogens is 1050 g/mol. The van der Waals surface area contributed by atoms with E-state index in [2.05, 4.69) is 69.2 Å². The smallest absolute Gasteiger partial charge is 0.257 e. The number of ether oxygens (including phenoxy) is 1. The average molecular weight is 1130 g/mol. The van der Waals surface area contributed by atoms with Crippen molar-refractivity contribution in [3.8, 4) is 5.75 Å². The summed E-state index contributed by atoms with van der Waals surface area (Å²) in [7, 11) is -3.84. The molecule has 4 N–H and O–H groups in total. The molecule has 3 fully saturated rings. The Bertz CT molecular complexity index is 3450. The number of fused-ring (bicyclic) bond motifs is 2. The molecule has 6 aromatic rings. The molecule has 10 rings (SSSR count). The van der Waals surface area contributed by atoms with Gasteiger partial charge in [0.2, 0.25) is 11.9 Å². The van der Waals surface area contributed by atoms with Gasteiger partial charge in [-0.25, -0.2) is 32.7 Å². The van der Waals surface area contributed by atoms with Crippen LogP contribution in [0.2, 0.25) is 0 Å². The van der Waals surface area contributed by atoms with E-state index in [1.54, 1.807) is 57.4 Å². The van der Waals surface area contributed by atoms with E-state index in [9.17, 15) is 27.2 Å². The molecular formula is C58H76FN15O6S. The fourth-order valence-corrected chi connectivity index (χ4v) is 12.7. The first-order chi connectivity index (χ1) is 38.5. The number of hydrogen-bond acceptors (Lipinski definition) is 17. The van der Waals surface area contributed by atoms with Gasteiger partial charge in [-0.05, 0) is 84.7 Å². The third-order valence-corrected chi connectivity index (χ3v) is 19.0. The van der Waals surface area contributed by atoms with Crippen LogP contribution >= 0.6 is 0 Å². The molecule has 81 heavy (non-hydrogen) atoms. The van der Waals surface area contributed by atoms with Crippen molar-refractivity contribution in [3.05, 3.63) is 111 Å². The average Bonchev–Trinajstić information content (AvgIpc) is 3.85. The van der Waals surface area contributed by atoms with Crippen molar-refractivity contribution in [3.63, 3.8) is 0 Å². The maximum absolute atomic E-state index is 14.4. The zero-order chi connectivity index (χ0) is 57.5. The molecule has 3 saturated heterocycles. The van der Waals surface area contributed by atoms with Crippen molar-refractivity contribution < 1.29 is 27.1 Å². The number of sulfone groups is 1. The number of benzene rings is 2. The summed E-state index contributed by atoms with van der Waals surface area (Å²) in [6.07, 6.45) is 5.65. The van der Waals surface area contributed by atoms with Gasteiger partial charge in [-0.15, -0.1) is 0 Å². The Morgan fingerprint density at radius 1 is 0.914 bits per heavy atom. The van der Waals surface area contributed by atoms with Gasteiger partial charge < -0.3 is 35.1 Å². The molecule has 0 aliphatic carbocycles. The number of hydrogen-bond donors (Lipinski definition) is 4. The van der Waals surface area contributed by atoms with Crippen LogP contribution in [0.3, 0.4) is 0 Å². The summed E-state index contributed by atoms with van der Waals surface area (Å²) in [6.45, 7) is 25.8. The van der Waals surface area contributed by atoms with Crippen LogP contribution in [-0.4, -0.2) is 190 Å². The summed E-state index contributed by atoms with van der Waals surface area (Å²) >= 11 is 0.